The Balaban J connectivity index is 1.77. The van der Waals surface area contributed by atoms with Crippen LogP contribution in [0, 0.1) is 23.0 Å². The minimum absolute atomic E-state index is 0.0376. The van der Waals surface area contributed by atoms with Crippen LogP contribution in [0.3, 0.4) is 0 Å². The van der Waals surface area contributed by atoms with E-state index in [1.54, 1.807) is 0 Å². The summed E-state index contributed by atoms with van der Waals surface area (Å²) in [5.41, 5.74) is 6.79. The van der Waals surface area contributed by atoms with Gasteiger partial charge >= 0.3 is 0 Å². The quantitative estimate of drug-likeness (QED) is 0.560. The van der Waals surface area contributed by atoms with E-state index < -0.39 is 23.0 Å². The van der Waals surface area contributed by atoms with Crippen molar-refractivity contribution in [1.29, 1.82) is 5.26 Å². The molecule has 0 radical (unpaired) electrons. The first-order chi connectivity index (χ1) is 13.9. The summed E-state index contributed by atoms with van der Waals surface area (Å²) in [6, 6.07) is 12.7. The molecule has 1 heterocycles. The Morgan fingerprint density at radius 3 is 2.52 bits per heavy atom. The van der Waals surface area contributed by atoms with Crippen LogP contribution in [0.5, 0.6) is 0 Å². The Morgan fingerprint density at radius 2 is 1.90 bits per heavy atom. The number of hydrogen-bond donors (Lipinski definition) is 2. The number of benzene rings is 2. The Hall–Kier alpha value is -3.51. The standard InChI is InChI=1S/C20H17F2N5OS/c1-27(11-3-10-23)13-8-6-12(7-9-13)25-20-26-19(24)18(29-20)17(28)16-14(21)4-2-5-15(16)22/h2,4-9H,3,11,24H2,1H3,(H,25,26). The number of nitrogens with zero attached hydrogens (tertiary/aromatic N) is 3. The Bertz CT molecular complexity index is 1060. The van der Waals surface area contributed by atoms with E-state index in [4.69, 9.17) is 11.0 Å². The van der Waals surface area contributed by atoms with Crippen molar-refractivity contribution in [1.82, 2.24) is 4.98 Å². The highest BCUT2D eigenvalue weighted by Gasteiger charge is 2.24. The van der Waals surface area contributed by atoms with Gasteiger partial charge in [0.25, 0.3) is 0 Å². The largest absolute Gasteiger partial charge is 0.382 e. The molecule has 0 aliphatic heterocycles. The van der Waals surface area contributed by atoms with Crippen LogP contribution in [0.2, 0.25) is 0 Å². The number of thiazole rings is 1. The first-order valence-corrected chi connectivity index (χ1v) is 9.42. The van der Waals surface area contributed by atoms with Gasteiger partial charge in [-0.1, -0.05) is 17.4 Å². The third-order valence-corrected chi connectivity index (χ3v) is 5.15. The average molecular weight is 413 g/mol. The van der Waals surface area contributed by atoms with E-state index in [9.17, 15) is 13.6 Å². The van der Waals surface area contributed by atoms with Crippen LogP contribution < -0.4 is 16.0 Å². The maximum Gasteiger partial charge on any atom is 0.212 e. The number of aromatic nitrogens is 1. The van der Waals surface area contributed by atoms with Gasteiger partial charge in [-0.05, 0) is 36.4 Å². The first kappa shape index (κ1) is 20.2. The molecule has 0 saturated heterocycles. The van der Waals surface area contributed by atoms with Gasteiger partial charge in [-0.15, -0.1) is 0 Å². The van der Waals surface area contributed by atoms with Crippen LogP contribution in [0.25, 0.3) is 0 Å². The lowest BCUT2D eigenvalue weighted by molar-refractivity contribution is 0.103. The molecule has 0 saturated carbocycles. The van der Waals surface area contributed by atoms with E-state index in [0.717, 1.165) is 29.2 Å². The van der Waals surface area contributed by atoms with Gasteiger partial charge < -0.3 is 16.0 Å². The van der Waals surface area contributed by atoms with Crippen molar-refractivity contribution >= 4 is 39.4 Å². The number of hydrogen-bond acceptors (Lipinski definition) is 7. The smallest absolute Gasteiger partial charge is 0.212 e. The second kappa shape index (κ2) is 8.67. The molecular weight excluding hydrogens is 396 g/mol. The van der Waals surface area contributed by atoms with Gasteiger partial charge in [-0.3, -0.25) is 4.79 Å². The van der Waals surface area contributed by atoms with Crippen molar-refractivity contribution < 1.29 is 13.6 Å². The molecule has 0 spiro atoms. The molecule has 0 fully saturated rings. The number of ketones is 1. The molecule has 0 atom stereocenters. The minimum Gasteiger partial charge on any atom is -0.382 e. The van der Waals surface area contributed by atoms with E-state index >= 15 is 0 Å². The van der Waals surface area contributed by atoms with Gasteiger partial charge in [0.1, 0.15) is 22.3 Å². The van der Waals surface area contributed by atoms with Crippen molar-refractivity contribution in [3.05, 3.63) is 64.5 Å². The summed E-state index contributed by atoms with van der Waals surface area (Å²) in [6.45, 7) is 0.615. The van der Waals surface area contributed by atoms with Gasteiger partial charge in [0.15, 0.2) is 5.13 Å². The second-order valence-electron chi connectivity index (χ2n) is 6.16. The summed E-state index contributed by atoms with van der Waals surface area (Å²) >= 11 is 0.920. The fraction of sp³-hybridized carbons (Fsp3) is 0.150. The van der Waals surface area contributed by atoms with Gasteiger partial charge in [-0.2, -0.15) is 5.26 Å². The monoisotopic (exact) mass is 413 g/mol. The maximum absolute atomic E-state index is 13.9. The molecule has 2 aromatic carbocycles. The Morgan fingerprint density at radius 1 is 1.24 bits per heavy atom. The number of halogens is 2. The number of rotatable bonds is 7. The second-order valence-corrected chi connectivity index (χ2v) is 7.16. The molecule has 1 aromatic heterocycles. The first-order valence-electron chi connectivity index (χ1n) is 8.61. The molecule has 0 bridgehead atoms. The molecule has 0 amide bonds. The molecule has 29 heavy (non-hydrogen) atoms. The Kier molecular flexibility index (Phi) is 6.04. The number of nitrogen functional groups attached to an aromatic ring is 1. The lowest BCUT2D eigenvalue weighted by Gasteiger charge is -2.17. The minimum atomic E-state index is -0.951. The molecule has 6 nitrogen and oxygen atoms in total. The van der Waals surface area contributed by atoms with Crippen LogP contribution in [0.1, 0.15) is 21.7 Å². The molecule has 148 valence electrons. The summed E-state index contributed by atoms with van der Waals surface area (Å²) in [7, 11) is 1.89. The van der Waals surface area contributed by atoms with Gasteiger partial charge in [0, 0.05) is 25.0 Å². The Labute approximate surface area is 170 Å². The zero-order valence-corrected chi connectivity index (χ0v) is 16.3. The topological polar surface area (TPSA) is 95.0 Å². The summed E-state index contributed by atoms with van der Waals surface area (Å²) in [6.07, 6.45) is 0.425. The van der Waals surface area contributed by atoms with E-state index in [-0.39, 0.29) is 10.7 Å². The normalized spacial score (nSPS) is 10.4. The van der Waals surface area contributed by atoms with E-state index in [1.807, 2.05) is 36.2 Å². The van der Waals surface area contributed by atoms with Crippen molar-refractivity contribution in [2.45, 2.75) is 6.42 Å². The average Bonchev–Trinajstić information content (AvgIpc) is 3.06. The van der Waals surface area contributed by atoms with Crippen LogP contribution >= 0.6 is 11.3 Å². The highest BCUT2D eigenvalue weighted by atomic mass is 32.1. The lowest BCUT2D eigenvalue weighted by Crippen LogP contribution is -2.17. The third kappa shape index (κ3) is 4.50. The molecule has 3 N–H and O–H groups in total. The van der Waals surface area contributed by atoms with Crippen LogP contribution in [0.15, 0.2) is 42.5 Å². The summed E-state index contributed by atoms with van der Waals surface area (Å²) < 4.78 is 27.8. The number of nitrogens with one attached hydrogen (secondary N) is 1. The fourth-order valence-corrected chi connectivity index (χ4v) is 3.50. The van der Waals surface area contributed by atoms with Crippen molar-refractivity contribution in [2.75, 3.05) is 29.5 Å². The van der Waals surface area contributed by atoms with Crippen LogP contribution in [0.4, 0.5) is 31.1 Å². The number of nitrogens with two attached hydrogens (primary N) is 1. The number of carbonyl (C=O) groups is 1. The lowest BCUT2D eigenvalue weighted by atomic mass is 10.1. The zero-order chi connectivity index (χ0) is 21.0. The van der Waals surface area contributed by atoms with Crippen LogP contribution in [-0.4, -0.2) is 24.4 Å². The molecule has 3 rings (SSSR count). The van der Waals surface area contributed by atoms with E-state index in [0.29, 0.717) is 23.8 Å². The molecule has 0 unspecified atom stereocenters. The number of nitriles is 1. The van der Waals surface area contributed by atoms with Crippen molar-refractivity contribution in [2.24, 2.45) is 0 Å². The molecule has 0 aliphatic rings. The van der Waals surface area contributed by atoms with Crippen LogP contribution in [-0.2, 0) is 0 Å². The molecule has 3 aromatic rings. The number of anilines is 4. The summed E-state index contributed by atoms with van der Waals surface area (Å²) in [5.74, 6) is -2.85. The molecule has 0 aliphatic carbocycles. The zero-order valence-electron chi connectivity index (χ0n) is 15.4. The van der Waals surface area contributed by atoms with Crippen molar-refractivity contribution in [3.8, 4) is 6.07 Å². The van der Waals surface area contributed by atoms with Crippen molar-refractivity contribution in [3.63, 3.8) is 0 Å². The summed E-state index contributed by atoms with van der Waals surface area (Å²) in [4.78, 5) is 18.5. The molecular formula is C20H17F2N5OS. The number of carbonyl (C=O) groups excluding carboxylic acids is 1. The maximum atomic E-state index is 13.9. The predicted octanol–water partition coefficient (Wildman–Crippen LogP) is 4.33. The highest BCUT2D eigenvalue weighted by molar-refractivity contribution is 7.18. The van der Waals surface area contributed by atoms with E-state index in [2.05, 4.69) is 16.4 Å². The third-order valence-electron chi connectivity index (χ3n) is 4.17. The van der Waals surface area contributed by atoms with Gasteiger partial charge in [0.2, 0.25) is 5.78 Å². The predicted molar refractivity (Wildman–Crippen MR) is 110 cm³/mol. The highest BCUT2D eigenvalue weighted by Crippen LogP contribution is 2.31. The SMILES string of the molecule is CN(CCC#N)c1ccc(Nc2nc(N)c(C(=O)c3c(F)cccc3F)s2)cc1. The molecule has 9 heteroatoms. The van der Waals surface area contributed by atoms with Gasteiger partial charge in [0.05, 0.1) is 18.1 Å². The summed E-state index contributed by atoms with van der Waals surface area (Å²) in [5, 5.41) is 12.0. The van der Waals surface area contributed by atoms with E-state index in [1.165, 1.54) is 6.07 Å². The fourth-order valence-electron chi connectivity index (χ4n) is 2.65. The van der Waals surface area contributed by atoms with Gasteiger partial charge in [-0.25, -0.2) is 13.8 Å².